The minimum absolute atomic E-state index is 0.0351. The van der Waals surface area contributed by atoms with Gasteiger partial charge in [-0.05, 0) is 43.9 Å². The van der Waals surface area contributed by atoms with Crippen LogP contribution in [0.4, 0.5) is 10.5 Å². The van der Waals surface area contributed by atoms with Gasteiger partial charge in [0.1, 0.15) is 11.6 Å². The molecule has 0 spiro atoms. The molecule has 1 saturated heterocycles. The van der Waals surface area contributed by atoms with Crippen LogP contribution in [0.2, 0.25) is 0 Å². The molecule has 1 N–H and O–H groups in total. The number of carbonyl (C=O) groups excluding carboxylic acids is 1. The molecule has 1 aromatic carbocycles. The number of aryl methyl sites for hydroxylation is 2. The number of urea groups is 1. The summed E-state index contributed by atoms with van der Waals surface area (Å²) >= 11 is 3.46. The van der Waals surface area contributed by atoms with Crippen LogP contribution in [0.25, 0.3) is 0 Å². The normalized spacial score (nSPS) is 19.8. The Morgan fingerprint density at radius 1 is 1.28 bits per heavy atom. The highest BCUT2D eigenvalue weighted by molar-refractivity contribution is 9.10. The molecule has 0 radical (unpaired) electrons. The zero-order valence-corrected chi connectivity index (χ0v) is 15.9. The lowest BCUT2D eigenvalue weighted by Crippen LogP contribution is -2.42. The number of amides is 2. The number of hydrogen-bond donors (Lipinski definition) is 1. The molecular formula is C18H22BrN5O. The molecule has 0 saturated carbocycles. The number of anilines is 1. The Bertz CT molecular complexity index is 803. The van der Waals surface area contributed by atoms with E-state index >= 15 is 0 Å². The van der Waals surface area contributed by atoms with Crippen LogP contribution in [0.5, 0.6) is 0 Å². The number of nitrogens with zero attached hydrogens (tertiary/aromatic N) is 4. The van der Waals surface area contributed by atoms with Crippen molar-refractivity contribution in [3.8, 4) is 0 Å². The van der Waals surface area contributed by atoms with E-state index < -0.39 is 0 Å². The number of carbonyl (C=O) groups is 1. The van der Waals surface area contributed by atoms with E-state index in [1.807, 2.05) is 30.0 Å². The van der Waals surface area contributed by atoms with Crippen molar-refractivity contribution in [1.29, 1.82) is 0 Å². The van der Waals surface area contributed by atoms with E-state index in [9.17, 15) is 4.79 Å². The zero-order valence-electron chi connectivity index (χ0n) is 14.3. The van der Waals surface area contributed by atoms with Gasteiger partial charge in [0, 0.05) is 42.1 Å². The Balaban J connectivity index is 1.47. The second kappa shape index (κ2) is 6.78. The lowest BCUT2D eigenvalue weighted by atomic mass is 9.97. The lowest BCUT2D eigenvalue weighted by Gasteiger charge is -2.32. The van der Waals surface area contributed by atoms with E-state index in [0.29, 0.717) is 6.54 Å². The second-order valence-electron chi connectivity index (χ2n) is 6.90. The summed E-state index contributed by atoms with van der Waals surface area (Å²) in [7, 11) is 0. The predicted octanol–water partition coefficient (Wildman–Crippen LogP) is 3.71. The van der Waals surface area contributed by atoms with Gasteiger partial charge in [-0.3, -0.25) is 0 Å². The fourth-order valence-electron chi connectivity index (χ4n) is 3.77. The first-order valence-electron chi connectivity index (χ1n) is 8.86. The standard InChI is InChI=1S/C18H22BrN5O/c1-12-6-7-14(19)10-15(12)20-18(25)23-8-2-4-13(11-23)17-22-21-16-5-3-9-24(16)17/h6-7,10,13H,2-5,8-9,11H2,1H3,(H,20,25). The SMILES string of the molecule is Cc1ccc(Br)cc1NC(=O)N1CCCC(c2nnc3n2CCC3)C1. The van der Waals surface area contributed by atoms with Gasteiger partial charge in [-0.15, -0.1) is 10.2 Å². The number of aromatic nitrogens is 3. The van der Waals surface area contributed by atoms with Crippen LogP contribution in [0.3, 0.4) is 0 Å². The Morgan fingerprint density at radius 3 is 3.04 bits per heavy atom. The molecule has 7 heteroatoms. The Hall–Kier alpha value is -1.89. The van der Waals surface area contributed by atoms with E-state index in [4.69, 9.17) is 0 Å². The maximum absolute atomic E-state index is 12.7. The average Bonchev–Trinajstić information content (AvgIpc) is 3.21. The Kier molecular flexibility index (Phi) is 4.50. The minimum Gasteiger partial charge on any atom is -0.324 e. The van der Waals surface area contributed by atoms with Crippen LogP contribution in [0.15, 0.2) is 22.7 Å². The van der Waals surface area contributed by atoms with Gasteiger partial charge in [0.25, 0.3) is 0 Å². The first-order chi connectivity index (χ1) is 12.1. The molecule has 2 aromatic rings. The third-order valence-corrected chi connectivity index (χ3v) is 5.65. The van der Waals surface area contributed by atoms with Gasteiger partial charge in [0.05, 0.1) is 0 Å². The molecule has 2 aliphatic rings. The molecule has 6 nitrogen and oxygen atoms in total. The van der Waals surface area contributed by atoms with Crippen molar-refractivity contribution in [2.24, 2.45) is 0 Å². The summed E-state index contributed by atoms with van der Waals surface area (Å²) in [4.78, 5) is 14.6. The number of halogens is 1. The number of rotatable bonds is 2. The number of fused-ring (bicyclic) bond motifs is 1. The highest BCUT2D eigenvalue weighted by Gasteiger charge is 2.30. The molecule has 1 unspecified atom stereocenters. The zero-order chi connectivity index (χ0) is 17.4. The molecule has 2 aliphatic heterocycles. The first kappa shape index (κ1) is 16.6. The van der Waals surface area contributed by atoms with Gasteiger partial charge >= 0.3 is 6.03 Å². The van der Waals surface area contributed by atoms with Gasteiger partial charge in [0.2, 0.25) is 0 Å². The molecular weight excluding hydrogens is 382 g/mol. The number of piperidine rings is 1. The number of nitrogens with one attached hydrogen (secondary N) is 1. The average molecular weight is 404 g/mol. The predicted molar refractivity (Wildman–Crippen MR) is 99.8 cm³/mol. The molecule has 132 valence electrons. The third kappa shape index (κ3) is 3.29. The molecule has 1 atom stereocenters. The van der Waals surface area contributed by atoms with Crippen molar-refractivity contribution >= 4 is 27.6 Å². The minimum atomic E-state index is -0.0351. The van der Waals surface area contributed by atoms with Gasteiger partial charge in [-0.25, -0.2) is 4.79 Å². The van der Waals surface area contributed by atoms with Crippen molar-refractivity contribution < 1.29 is 4.79 Å². The van der Waals surface area contributed by atoms with Gasteiger partial charge in [-0.1, -0.05) is 22.0 Å². The highest BCUT2D eigenvalue weighted by atomic mass is 79.9. The molecule has 4 rings (SSSR count). The van der Waals surface area contributed by atoms with E-state index in [0.717, 1.165) is 66.1 Å². The van der Waals surface area contributed by atoms with Crippen molar-refractivity contribution in [3.63, 3.8) is 0 Å². The van der Waals surface area contributed by atoms with Crippen LogP contribution in [0.1, 0.15) is 42.4 Å². The fourth-order valence-corrected chi connectivity index (χ4v) is 4.13. The Morgan fingerprint density at radius 2 is 2.16 bits per heavy atom. The molecule has 0 aliphatic carbocycles. The first-order valence-corrected chi connectivity index (χ1v) is 9.65. The van der Waals surface area contributed by atoms with Crippen LogP contribution in [0, 0.1) is 6.92 Å². The summed E-state index contributed by atoms with van der Waals surface area (Å²) in [5.41, 5.74) is 1.91. The molecule has 1 aromatic heterocycles. The molecule has 0 bridgehead atoms. The van der Waals surface area contributed by atoms with Crippen molar-refractivity contribution in [3.05, 3.63) is 39.9 Å². The topological polar surface area (TPSA) is 63.1 Å². The van der Waals surface area contributed by atoms with E-state index in [-0.39, 0.29) is 11.9 Å². The highest BCUT2D eigenvalue weighted by Crippen LogP contribution is 2.29. The summed E-state index contributed by atoms with van der Waals surface area (Å²) in [6.07, 6.45) is 4.23. The smallest absolute Gasteiger partial charge is 0.321 e. The lowest BCUT2D eigenvalue weighted by molar-refractivity contribution is 0.190. The van der Waals surface area contributed by atoms with E-state index in [1.54, 1.807) is 0 Å². The number of hydrogen-bond acceptors (Lipinski definition) is 3. The monoisotopic (exact) mass is 403 g/mol. The van der Waals surface area contributed by atoms with Gasteiger partial charge in [0.15, 0.2) is 0 Å². The fraction of sp³-hybridized carbons (Fsp3) is 0.500. The van der Waals surface area contributed by atoms with E-state index in [2.05, 4.69) is 36.0 Å². The van der Waals surface area contributed by atoms with Crippen molar-refractivity contribution in [1.82, 2.24) is 19.7 Å². The van der Waals surface area contributed by atoms with Crippen LogP contribution < -0.4 is 5.32 Å². The van der Waals surface area contributed by atoms with E-state index in [1.165, 1.54) is 0 Å². The van der Waals surface area contributed by atoms with Crippen molar-refractivity contribution in [2.45, 2.75) is 45.1 Å². The molecule has 3 heterocycles. The maximum Gasteiger partial charge on any atom is 0.321 e. The third-order valence-electron chi connectivity index (χ3n) is 5.15. The quantitative estimate of drug-likeness (QED) is 0.830. The molecule has 2 amide bonds. The summed E-state index contributed by atoms with van der Waals surface area (Å²) in [5, 5.41) is 11.8. The summed E-state index contributed by atoms with van der Waals surface area (Å²) < 4.78 is 3.22. The maximum atomic E-state index is 12.7. The largest absolute Gasteiger partial charge is 0.324 e. The molecule has 1 fully saturated rings. The van der Waals surface area contributed by atoms with Gasteiger partial charge < -0.3 is 14.8 Å². The van der Waals surface area contributed by atoms with Crippen LogP contribution in [-0.2, 0) is 13.0 Å². The van der Waals surface area contributed by atoms with Crippen LogP contribution >= 0.6 is 15.9 Å². The van der Waals surface area contributed by atoms with Crippen LogP contribution in [-0.4, -0.2) is 38.8 Å². The Labute approximate surface area is 155 Å². The summed E-state index contributed by atoms with van der Waals surface area (Å²) in [6, 6.07) is 5.89. The second-order valence-corrected chi connectivity index (χ2v) is 7.82. The van der Waals surface area contributed by atoms with Crippen molar-refractivity contribution in [2.75, 3.05) is 18.4 Å². The summed E-state index contributed by atoms with van der Waals surface area (Å²) in [5.74, 6) is 2.44. The summed E-state index contributed by atoms with van der Waals surface area (Å²) in [6.45, 7) is 4.51. The molecule has 25 heavy (non-hydrogen) atoms. The number of likely N-dealkylation sites (tertiary alicyclic amines) is 1. The van der Waals surface area contributed by atoms with Gasteiger partial charge in [-0.2, -0.15) is 0 Å². The number of benzene rings is 1.